The van der Waals surface area contributed by atoms with Crippen molar-refractivity contribution < 1.29 is 24.1 Å². The van der Waals surface area contributed by atoms with E-state index < -0.39 is 6.04 Å². The van der Waals surface area contributed by atoms with Crippen LogP contribution >= 0.6 is 0 Å². The fourth-order valence-corrected chi connectivity index (χ4v) is 2.71. The van der Waals surface area contributed by atoms with Crippen molar-refractivity contribution in [2.75, 3.05) is 11.5 Å². The first-order valence-corrected chi connectivity index (χ1v) is 8.14. The molecule has 1 fully saturated rings. The average molecular weight is 329 g/mol. The van der Waals surface area contributed by atoms with Crippen LogP contribution < -0.4 is 15.0 Å². The molecule has 3 rings (SSSR count). The third-order valence-electron chi connectivity index (χ3n) is 3.93. The molecule has 1 aromatic heterocycles. The van der Waals surface area contributed by atoms with Crippen molar-refractivity contribution in [1.82, 2.24) is 0 Å². The molecule has 126 valence electrons. The Balaban J connectivity index is 1.65. The zero-order valence-corrected chi connectivity index (χ0v) is 13.6. The molecule has 0 spiro atoms. The van der Waals surface area contributed by atoms with Gasteiger partial charge in [-0.2, -0.15) is 0 Å². The highest BCUT2D eigenvalue weighted by atomic mass is 16.5. The van der Waals surface area contributed by atoms with Gasteiger partial charge in [0, 0.05) is 0 Å². The number of rotatable bonds is 7. The standard InChI is InChI=1S/C18H20N2O4/c1-2-9-23-14-7-5-13(6-8-14)20-17(21)11-16(18(20)22)19-12-15-4-3-10-24-15/h3-8,10,16,19H,2,9,11-12H2,1H3/p+1/t16-/m1/s1. The highest BCUT2D eigenvalue weighted by Crippen LogP contribution is 2.24. The molecule has 0 unspecified atom stereocenters. The van der Waals surface area contributed by atoms with Gasteiger partial charge in [0.1, 0.15) is 12.3 Å². The number of hydrogen-bond donors (Lipinski definition) is 1. The van der Waals surface area contributed by atoms with Gasteiger partial charge < -0.3 is 14.5 Å². The number of hydrogen-bond acceptors (Lipinski definition) is 4. The van der Waals surface area contributed by atoms with Crippen molar-refractivity contribution in [2.45, 2.75) is 32.4 Å². The molecule has 1 aliphatic rings. The normalized spacial score (nSPS) is 17.5. The molecule has 2 heterocycles. The van der Waals surface area contributed by atoms with Crippen molar-refractivity contribution in [3.05, 3.63) is 48.4 Å². The minimum atomic E-state index is -0.404. The molecule has 2 amide bonds. The molecule has 0 aliphatic carbocycles. The third kappa shape index (κ3) is 3.49. The van der Waals surface area contributed by atoms with Crippen molar-refractivity contribution in [3.8, 4) is 5.75 Å². The molecule has 1 saturated heterocycles. The smallest absolute Gasteiger partial charge is 0.292 e. The second-order valence-electron chi connectivity index (χ2n) is 5.74. The molecule has 0 saturated carbocycles. The van der Waals surface area contributed by atoms with E-state index >= 15 is 0 Å². The van der Waals surface area contributed by atoms with Crippen LogP contribution in [-0.2, 0) is 16.1 Å². The number of benzene rings is 1. The van der Waals surface area contributed by atoms with E-state index in [1.165, 1.54) is 4.90 Å². The summed E-state index contributed by atoms with van der Waals surface area (Å²) in [6, 6.07) is 10.3. The van der Waals surface area contributed by atoms with Gasteiger partial charge in [-0.05, 0) is 42.8 Å². The molecule has 2 aromatic rings. The Morgan fingerprint density at radius 3 is 2.71 bits per heavy atom. The van der Waals surface area contributed by atoms with Crippen LogP contribution in [0.15, 0.2) is 47.1 Å². The average Bonchev–Trinajstić information content (AvgIpc) is 3.20. The molecule has 1 atom stereocenters. The van der Waals surface area contributed by atoms with Crippen molar-refractivity contribution in [3.63, 3.8) is 0 Å². The zero-order chi connectivity index (χ0) is 16.9. The van der Waals surface area contributed by atoms with E-state index in [2.05, 4.69) is 0 Å². The van der Waals surface area contributed by atoms with Crippen LogP contribution in [0.2, 0.25) is 0 Å². The number of quaternary nitrogens is 1. The maximum absolute atomic E-state index is 12.5. The monoisotopic (exact) mass is 329 g/mol. The molecular formula is C18H21N2O4+. The van der Waals surface area contributed by atoms with E-state index in [1.807, 2.05) is 18.3 Å². The first-order chi connectivity index (χ1) is 11.7. The topological polar surface area (TPSA) is 76.4 Å². The summed E-state index contributed by atoms with van der Waals surface area (Å²) in [5.41, 5.74) is 0.586. The van der Waals surface area contributed by atoms with E-state index in [9.17, 15) is 9.59 Å². The lowest BCUT2D eigenvalue weighted by Gasteiger charge is -2.14. The summed E-state index contributed by atoms with van der Waals surface area (Å²) in [5.74, 6) is 1.16. The van der Waals surface area contributed by atoms with Crippen LogP contribution in [0.5, 0.6) is 5.75 Å². The molecule has 2 N–H and O–H groups in total. The number of imide groups is 1. The summed E-state index contributed by atoms with van der Waals surface area (Å²) in [4.78, 5) is 26.0. The van der Waals surface area contributed by atoms with Crippen molar-refractivity contribution >= 4 is 17.5 Å². The Kier molecular flexibility index (Phi) is 4.96. The number of nitrogens with two attached hydrogens (primary N) is 1. The molecule has 1 aliphatic heterocycles. The van der Waals surface area contributed by atoms with E-state index in [0.717, 1.165) is 17.9 Å². The van der Waals surface area contributed by atoms with E-state index in [0.29, 0.717) is 18.8 Å². The largest absolute Gasteiger partial charge is 0.494 e. The Morgan fingerprint density at radius 2 is 2.04 bits per heavy atom. The lowest BCUT2D eigenvalue weighted by atomic mass is 10.2. The highest BCUT2D eigenvalue weighted by Gasteiger charge is 2.42. The van der Waals surface area contributed by atoms with E-state index in [-0.39, 0.29) is 18.2 Å². The minimum absolute atomic E-state index is 0.178. The van der Waals surface area contributed by atoms with Crippen molar-refractivity contribution in [1.29, 1.82) is 0 Å². The van der Waals surface area contributed by atoms with Gasteiger partial charge in [-0.3, -0.25) is 9.59 Å². The van der Waals surface area contributed by atoms with E-state index in [4.69, 9.17) is 9.15 Å². The SMILES string of the molecule is CCCOc1ccc(N2C(=O)C[C@@H]([NH2+]Cc3ccco3)C2=O)cc1. The van der Waals surface area contributed by atoms with Crippen LogP contribution in [0.4, 0.5) is 5.69 Å². The molecule has 0 bridgehead atoms. The predicted molar refractivity (Wildman–Crippen MR) is 87.5 cm³/mol. The van der Waals surface area contributed by atoms with Gasteiger partial charge in [0.2, 0.25) is 5.91 Å². The number of furan rings is 1. The zero-order valence-electron chi connectivity index (χ0n) is 13.6. The summed E-state index contributed by atoms with van der Waals surface area (Å²) in [5, 5.41) is 1.85. The second-order valence-corrected chi connectivity index (χ2v) is 5.74. The molecule has 1 aromatic carbocycles. The van der Waals surface area contributed by atoms with Gasteiger partial charge in [0.15, 0.2) is 11.8 Å². The van der Waals surface area contributed by atoms with Crippen LogP contribution in [0.25, 0.3) is 0 Å². The first kappa shape index (κ1) is 16.3. The Hall–Kier alpha value is -2.60. The number of anilines is 1. The van der Waals surface area contributed by atoms with Gasteiger partial charge in [-0.25, -0.2) is 4.90 Å². The van der Waals surface area contributed by atoms with E-state index in [1.54, 1.807) is 36.6 Å². The summed E-state index contributed by atoms with van der Waals surface area (Å²) >= 11 is 0. The number of carbonyl (C=O) groups is 2. The van der Waals surface area contributed by atoms with Crippen LogP contribution in [0.3, 0.4) is 0 Å². The highest BCUT2D eigenvalue weighted by molar-refractivity contribution is 6.21. The van der Waals surface area contributed by atoms with Gasteiger partial charge >= 0.3 is 0 Å². The summed E-state index contributed by atoms with van der Waals surface area (Å²) in [6.07, 6.45) is 2.73. The van der Waals surface area contributed by atoms with Gasteiger partial charge in [-0.1, -0.05) is 6.92 Å². The van der Waals surface area contributed by atoms with Gasteiger partial charge in [0.05, 0.1) is 25.0 Å². The van der Waals surface area contributed by atoms with Crippen LogP contribution in [-0.4, -0.2) is 24.5 Å². The maximum atomic E-state index is 12.5. The van der Waals surface area contributed by atoms with Gasteiger partial charge in [-0.15, -0.1) is 0 Å². The Morgan fingerprint density at radius 1 is 1.25 bits per heavy atom. The third-order valence-corrected chi connectivity index (χ3v) is 3.93. The Labute approximate surface area is 140 Å². The number of nitrogens with zero attached hydrogens (tertiary/aromatic N) is 1. The lowest BCUT2D eigenvalue weighted by molar-refractivity contribution is -0.691. The van der Waals surface area contributed by atoms with Crippen LogP contribution in [0.1, 0.15) is 25.5 Å². The molecule has 24 heavy (non-hydrogen) atoms. The molecule has 6 nitrogen and oxygen atoms in total. The summed E-state index contributed by atoms with van der Waals surface area (Å²) in [6.45, 7) is 3.22. The van der Waals surface area contributed by atoms with Crippen LogP contribution in [0, 0.1) is 0 Å². The number of carbonyl (C=O) groups excluding carboxylic acids is 2. The Bertz CT molecular complexity index is 694. The summed E-state index contributed by atoms with van der Waals surface area (Å²) in [7, 11) is 0. The maximum Gasteiger partial charge on any atom is 0.292 e. The minimum Gasteiger partial charge on any atom is -0.494 e. The molecule has 0 radical (unpaired) electrons. The second kappa shape index (κ2) is 7.31. The predicted octanol–water partition coefficient (Wildman–Crippen LogP) is 1.46. The fraction of sp³-hybridized carbons (Fsp3) is 0.333. The fourth-order valence-electron chi connectivity index (χ4n) is 2.71. The lowest BCUT2D eigenvalue weighted by Crippen LogP contribution is -2.90. The molecule has 6 heteroatoms. The van der Waals surface area contributed by atoms with Gasteiger partial charge in [0.25, 0.3) is 5.91 Å². The number of amides is 2. The quantitative estimate of drug-likeness (QED) is 0.780. The molecular weight excluding hydrogens is 308 g/mol. The number of ether oxygens (including phenoxy) is 1. The first-order valence-electron chi connectivity index (χ1n) is 8.14. The summed E-state index contributed by atoms with van der Waals surface area (Å²) < 4.78 is 10.8. The van der Waals surface area contributed by atoms with Crippen molar-refractivity contribution in [2.24, 2.45) is 0 Å².